The van der Waals surface area contributed by atoms with Gasteiger partial charge in [0.15, 0.2) is 0 Å². The maximum atomic E-state index is 12.7. The van der Waals surface area contributed by atoms with E-state index in [-0.39, 0.29) is 23.8 Å². The molecule has 4 atom stereocenters. The average molecular weight is 466 g/mol. The Kier molecular flexibility index (Phi) is 7.01. The number of rotatable bonds is 7. The van der Waals surface area contributed by atoms with E-state index in [9.17, 15) is 9.90 Å². The standard InChI is InChI=1S/C28H36N2O4/c1-4-16-30(2)17-15-27(23-11-8-12-25(31)18-23)19-24(13-14-28(27,21-30)33-3)29-26(32)34-20-22-9-6-5-7-10-22/h4-12,18,24H,1,13-17,19-21H2,2-3H3,(H-,29,31,32)/p+1/t24-,27-,28?,30-/m0/s1. The molecule has 1 saturated heterocycles. The number of carbonyl (C=O) groups excluding carboxylic acids is 1. The molecular formula is C28H37N2O4+. The highest BCUT2D eigenvalue weighted by molar-refractivity contribution is 5.67. The summed E-state index contributed by atoms with van der Waals surface area (Å²) in [7, 11) is 4.07. The molecule has 2 aliphatic rings. The number of nitrogens with zero attached hydrogens (tertiary/aromatic N) is 1. The summed E-state index contributed by atoms with van der Waals surface area (Å²) in [5.41, 5.74) is 1.31. The summed E-state index contributed by atoms with van der Waals surface area (Å²) in [6, 6.07) is 17.2. The van der Waals surface area contributed by atoms with Crippen LogP contribution in [0, 0.1) is 0 Å². The summed E-state index contributed by atoms with van der Waals surface area (Å²) < 4.78 is 12.8. The van der Waals surface area contributed by atoms with Crippen LogP contribution in [0.4, 0.5) is 4.79 Å². The van der Waals surface area contributed by atoms with E-state index in [4.69, 9.17) is 9.47 Å². The number of quaternary nitrogens is 1. The highest BCUT2D eigenvalue weighted by Gasteiger charge is 2.62. The maximum Gasteiger partial charge on any atom is 0.407 e. The van der Waals surface area contributed by atoms with E-state index in [1.54, 1.807) is 6.07 Å². The normalized spacial score (nSPS) is 30.7. The second kappa shape index (κ2) is 9.80. The number of likely N-dealkylation sites (tertiary alicyclic amines) is 1. The van der Waals surface area contributed by atoms with Gasteiger partial charge in [-0.05, 0) is 48.6 Å². The third kappa shape index (κ3) is 4.70. The van der Waals surface area contributed by atoms with Gasteiger partial charge in [-0.1, -0.05) is 49.0 Å². The second-order valence-electron chi connectivity index (χ2n) is 10.2. The van der Waals surface area contributed by atoms with Crippen molar-refractivity contribution in [1.29, 1.82) is 0 Å². The number of carbonyl (C=O) groups is 1. The molecule has 0 aromatic heterocycles. The Balaban J connectivity index is 1.58. The SMILES string of the molecule is C=CC[N@@+]1(C)CC[C@@]2(c3cccc(O)c3)C[C@@H](NC(=O)OCc3ccccc3)CCC2(OC)C1. The number of hydrogen-bond donors (Lipinski definition) is 2. The number of likely N-dealkylation sites (N-methyl/N-ethyl adjacent to an activating group) is 1. The van der Waals surface area contributed by atoms with Gasteiger partial charge in [0.05, 0.1) is 20.1 Å². The molecule has 34 heavy (non-hydrogen) atoms. The van der Waals surface area contributed by atoms with Crippen LogP contribution in [0.1, 0.15) is 36.8 Å². The van der Waals surface area contributed by atoms with Crippen LogP contribution in [0.25, 0.3) is 0 Å². The molecule has 1 amide bonds. The van der Waals surface area contributed by atoms with E-state index >= 15 is 0 Å². The number of alkyl carbamates (subject to hydrolysis) is 1. The number of piperidine rings is 1. The molecule has 0 spiro atoms. The molecule has 1 unspecified atom stereocenters. The van der Waals surface area contributed by atoms with E-state index in [1.165, 1.54) is 0 Å². The van der Waals surface area contributed by atoms with Crippen molar-refractivity contribution in [2.45, 2.75) is 49.3 Å². The minimum Gasteiger partial charge on any atom is -0.508 e. The third-order valence-electron chi connectivity index (χ3n) is 7.97. The lowest BCUT2D eigenvalue weighted by molar-refractivity contribution is -0.918. The minimum absolute atomic E-state index is 0.0369. The van der Waals surface area contributed by atoms with Crippen LogP contribution >= 0.6 is 0 Å². The predicted molar refractivity (Wildman–Crippen MR) is 133 cm³/mol. The molecule has 0 bridgehead atoms. The summed E-state index contributed by atoms with van der Waals surface area (Å²) in [6.07, 6.45) is 4.84. The number of methoxy groups -OCH3 is 1. The smallest absolute Gasteiger partial charge is 0.407 e. The van der Waals surface area contributed by atoms with Crippen LogP contribution in [0.15, 0.2) is 67.3 Å². The first-order valence-corrected chi connectivity index (χ1v) is 12.1. The summed E-state index contributed by atoms with van der Waals surface area (Å²) in [4.78, 5) is 12.7. The third-order valence-corrected chi connectivity index (χ3v) is 7.97. The molecule has 6 heteroatoms. The Morgan fingerprint density at radius 2 is 2.03 bits per heavy atom. The van der Waals surface area contributed by atoms with Gasteiger partial charge in [-0.15, -0.1) is 0 Å². The van der Waals surface area contributed by atoms with Crippen molar-refractivity contribution < 1.29 is 23.9 Å². The zero-order valence-corrected chi connectivity index (χ0v) is 20.3. The number of aromatic hydroxyl groups is 1. The monoisotopic (exact) mass is 465 g/mol. The Labute approximate surface area is 202 Å². The van der Waals surface area contributed by atoms with Gasteiger partial charge in [0.2, 0.25) is 0 Å². The van der Waals surface area contributed by atoms with Crippen molar-refractivity contribution in [3.63, 3.8) is 0 Å². The lowest BCUT2D eigenvalue weighted by Gasteiger charge is -2.61. The van der Waals surface area contributed by atoms with Crippen molar-refractivity contribution in [3.05, 3.63) is 78.4 Å². The summed E-state index contributed by atoms with van der Waals surface area (Å²) in [6.45, 7) is 6.93. The zero-order chi connectivity index (χ0) is 24.2. The molecule has 6 nitrogen and oxygen atoms in total. The van der Waals surface area contributed by atoms with E-state index in [1.807, 2.05) is 55.7 Å². The Morgan fingerprint density at radius 3 is 2.74 bits per heavy atom. The van der Waals surface area contributed by atoms with Crippen LogP contribution in [0.3, 0.4) is 0 Å². The average Bonchev–Trinajstić information content (AvgIpc) is 2.83. The molecule has 1 aliphatic carbocycles. The zero-order valence-electron chi connectivity index (χ0n) is 20.3. The van der Waals surface area contributed by atoms with Crippen molar-refractivity contribution in [1.82, 2.24) is 5.32 Å². The van der Waals surface area contributed by atoms with Crippen molar-refractivity contribution >= 4 is 6.09 Å². The number of fused-ring (bicyclic) bond motifs is 1. The number of ether oxygens (including phenoxy) is 2. The van der Waals surface area contributed by atoms with Crippen molar-refractivity contribution in [2.24, 2.45) is 0 Å². The number of phenolic OH excluding ortho intramolecular Hbond substituents is 1. The number of benzene rings is 2. The largest absolute Gasteiger partial charge is 0.508 e. The second-order valence-corrected chi connectivity index (χ2v) is 10.2. The summed E-state index contributed by atoms with van der Waals surface area (Å²) in [5.74, 6) is 0.253. The highest BCUT2D eigenvalue weighted by Crippen LogP contribution is 2.54. The molecule has 2 aromatic carbocycles. The molecular weight excluding hydrogens is 428 g/mol. The molecule has 182 valence electrons. The van der Waals surface area contributed by atoms with E-state index in [2.05, 4.69) is 25.0 Å². The van der Waals surface area contributed by atoms with Gasteiger partial charge in [-0.3, -0.25) is 0 Å². The number of phenols is 1. The minimum atomic E-state index is -0.400. The first-order valence-electron chi connectivity index (χ1n) is 12.1. The Morgan fingerprint density at radius 1 is 1.24 bits per heavy atom. The van der Waals surface area contributed by atoms with Crippen LogP contribution in [0.5, 0.6) is 5.75 Å². The quantitative estimate of drug-likeness (QED) is 0.466. The van der Waals surface area contributed by atoms with Crippen molar-refractivity contribution in [2.75, 3.05) is 33.8 Å². The van der Waals surface area contributed by atoms with Crippen molar-refractivity contribution in [3.8, 4) is 5.75 Å². The Hall–Kier alpha value is -2.83. The first kappa shape index (κ1) is 24.3. The lowest BCUT2D eigenvalue weighted by Crippen LogP contribution is -2.72. The van der Waals surface area contributed by atoms with Gasteiger partial charge in [-0.2, -0.15) is 0 Å². The van der Waals surface area contributed by atoms with Gasteiger partial charge in [0.1, 0.15) is 24.5 Å². The number of nitrogens with one attached hydrogen (secondary N) is 1. The molecule has 1 heterocycles. The fourth-order valence-electron chi connectivity index (χ4n) is 6.29. The van der Waals surface area contributed by atoms with Gasteiger partial charge in [0.25, 0.3) is 0 Å². The van der Waals surface area contributed by atoms with Gasteiger partial charge in [-0.25, -0.2) is 4.79 Å². The van der Waals surface area contributed by atoms with E-state index in [0.717, 1.165) is 60.9 Å². The van der Waals surface area contributed by atoms with Crippen LogP contribution in [-0.4, -0.2) is 61.1 Å². The maximum absolute atomic E-state index is 12.7. The molecule has 2 N–H and O–H groups in total. The van der Waals surface area contributed by atoms with Crippen LogP contribution in [0.2, 0.25) is 0 Å². The van der Waals surface area contributed by atoms with Gasteiger partial charge < -0.3 is 24.4 Å². The fourth-order valence-corrected chi connectivity index (χ4v) is 6.29. The van der Waals surface area contributed by atoms with Gasteiger partial charge >= 0.3 is 6.09 Å². The van der Waals surface area contributed by atoms with Crippen LogP contribution < -0.4 is 5.32 Å². The van der Waals surface area contributed by atoms with Crippen LogP contribution in [-0.2, 0) is 21.5 Å². The fraction of sp³-hybridized carbons (Fsp3) is 0.464. The number of hydrogen-bond acceptors (Lipinski definition) is 4. The predicted octanol–water partition coefficient (Wildman–Crippen LogP) is 4.53. The molecule has 1 aliphatic heterocycles. The van der Waals surface area contributed by atoms with E-state index in [0.29, 0.717) is 0 Å². The topological polar surface area (TPSA) is 67.8 Å². The molecule has 4 rings (SSSR count). The number of amides is 1. The molecule has 2 fully saturated rings. The summed E-state index contributed by atoms with van der Waals surface area (Å²) in [5, 5.41) is 13.4. The molecule has 0 radical (unpaired) electrons. The Bertz CT molecular complexity index is 1010. The first-order chi connectivity index (χ1) is 16.3. The lowest BCUT2D eigenvalue weighted by atomic mass is 9.54. The highest BCUT2D eigenvalue weighted by atomic mass is 16.5. The van der Waals surface area contributed by atoms with Gasteiger partial charge in [0, 0.05) is 25.0 Å². The molecule has 2 aromatic rings. The summed E-state index contributed by atoms with van der Waals surface area (Å²) >= 11 is 0. The molecule has 1 saturated carbocycles. The van der Waals surface area contributed by atoms with E-state index < -0.39 is 11.7 Å².